The predicted molar refractivity (Wildman–Crippen MR) is 67.6 cm³/mol. The van der Waals surface area contributed by atoms with Crippen molar-refractivity contribution in [1.29, 1.82) is 0 Å². The van der Waals surface area contributed by atoms with Crippen LogP contribution in [-0.2, 0) is 14.3 Å². The van der Waals surface area contributed by atoms with Gasteiger partial charge in [0, 0.05) is 0 Å². The Morgan fingerprint density at radius 2 is 2.00 bits per heavy atom. The van der Waals surface area contributed by atoms with Crippen molar-refractivity contribution >= 4 is 11.9 Å². The Kier molecular flexibility index (Phi) is 6.38. The minimum Gasteiger partial charge on any atom is -0.493 e. The maximum atomic E-state index is 11.5. The van der Waals surface area contributed by atoms with Crippen LogP contribution in [0.25, 0.3) is 0 Å². The number of aliphatic hydroxyl groups excluding tert-OH is 1. The van der Waals surface area contributed by atoms with Gasteiger partial charge in [-0.15, -0.1) is 0 Å². The highest BCUT2D eigenvalue weighted by molar-refractivity contribution is 5.84. The van der Waals surface area contributed by atoms with Crippen molar-refractivity contribution in [2.45, 2.75) is 12.5 Å². The van der Waals surface area contributed by atoms with E-state index in [1.807, 2.05) is 18.2 Å². The summed E-state index contributed by atoms with van der Waals surface area (Å²) in [6, 6.07) is 8.05. The first kappa shape index (κ1) is 15.0. The van der Waals surface area contributed by atoms with Crippen molar-refractivity contribution in [3.63, 3.8) is 0 Å². The van der Waals surface area contributed by atoms with E-state index in [0.717, 1.165) is 0 Å². The molecule has 1 amide bonds. The Morgan fingerprint density at radius 1 is 1.32 bits per heavy atom. The summed E-state index contributed by atoms with van der Waals surface area (Å²) in [4.78, 5) is 22.7. The Bertz CT molecular complexity index is 407. The lowest BCUT2D eigenvalue weighted by Crippen LogP contribution is -2.44. The van der Waals surface area contributed by atoms with Gasteiger partial charge < -0.3 is 19.9 Å². The van der Waals surface area contributed by atoms with Crippen LogP contribution in [0.3, 0.4) is 0 Å². The largest absolute Gasteiger partial charge is 0.493 e. The molecule has 0 radical (unpaired) electrons. The highest BCUT2D eigenvalue weighted by Gasteiger charge is 2.19. The van der Waals surface area contributed by atoms with Gasteiger partial charge in [-0.3, -0.25) is 4.79 Å². The molecule has 6 nitrogen and oxygen atoms in total. The minimum atomic E-state index is -1.03. The molecule has 1 aromatic carbocycles. The van der Waals surface area contributed by atoms with E-state index in [1.54, 1.807) is 12.1 Å². The molecule has 19 heavy (non-hydrogen) atoms. The third kappa shape index (κ3) is 5.39. The number of esters is 1. The maximum Gasteiger partial charge on any atom is 0.330 e. The summed E-state index contributed by atoms with van der Waals surface area (Å²) in [5.41, 5.74) is 0. The standard InChI is InChI=1S/C13H17NO5/c1-18-13(17)11(9-15)14-12(16)7-8-19-10-5-3-2-4-6-10/h2-6,11,15H,7-9H2,1H3,(H,14,16). The molecule has 0 saturated heterocycles. The first-order valence-corrected chi connectivity index (χ1v) is 5.83. The lowest BCUT2D eigenvalue weighted by atomic mass is 10.3. The molecule has 0 aliphatic carbocycles. The third-order valence-electron chi connectivity index (χ3n) is 2.34. The van der Waals surface area contributed by atoms with Crippen molar-refractivity contribution < 1.29 is 24.2 Å². The summed E-state index contributed by atoms with van der Waals surface area (Å²) in [7, 11) is 1.19. The fourth-order valence-electron chi connectivity index (χ4n) is 1.37. The lowest BCUT2D eigenvalue weighted by molar-refractivity contribution is -0.146. The Balaban J connectivity index is 2.29. The minimum absolute atomic E-state index is 0.0857. The van der Waals surface area contributed by atoms with Crippen molar-refractivity contribution in [1.82, 2.24) is 5.32 Å². The molecule has 1 unspecified atom stereocenters. The van der Waals surface area contributed by atoms with Gasteiger partial charge in [0.1, 0.15) is 5.75 Å². The van der Waals surface area contributed by atoms with E-state index in [1.165, 1.54) is 7.11 Å². The maximum absolute atomic E-state index is 11.5. The number of para-hydroxylation sites is 1. The zero-order chi connectivity index (χ0) is 14.1. The predicted octanol–water partition coefficient (Wildman–Crippen LogP) is 0.106. The molecule has 1 atom stereocenters. The second-order valence-corrected chi connectivity index (χ2v) is 3.74. The number of amides is 1. The second kappa shape index (κ2) is 8.10. The Labute approximate surface area is 111 Å². The molecule has 0 aliphatic rings. The summed E-state index contributed by atoms with van der Waals surface area (Å²) in [6.45, 7) is -0.312. The Morgan fingerprint density at radius 3 is 2.58 bits per heavy atom. The van der Waals surface area contributed by atoms with Crippen LogP contribution in [0, 0.1) is 0 Å². The molecular weight excluding hydrogens is 250 g/mol. The molecule has 1 aromatic rings. The van der Waals surface area contributed by atoms with E-state index in [-0.39, 0.29) is 18.9 Å². The van der Waals surface area contributed by atoms with E-state index in [0.29, 0.717) is 5.75 Å². The molecule has 2 N–H and O–H groups in total. The van der Waals surface area contributed by atoms with Gasteiger partial charge in [-0.1, -0.05) is 18.2 Å². The van der Waals surface area contributed by atoms with E-state index < -0.39 is 18.6 Å². The number of rotatable bonds is 7. The fraction of sp³-hybridized carbons (Fsp3) is 0.385. The van der Waals surface area contributed by atoms with Gasteiger partial charge in [0.15, 0.2) is 6.04 Å². The third-order valence-corrected chi connectivity index (χ3v) is 2.34. The lowest BCUT2D eigenvalue weighted by Gasteiger charge is -2.13. The monoisotopic (exact) mass is 267 g/mol. The zero-order valence-electron chi connectivity index (χ0n) is 10.7. The topological polar surface area (TPSA) is 84.9 Å². The van der Waals surface area contributed by atoms with Crippen molar-refractivity contribution in [2.24, 2.45) is 0 Å². The number of benzene rings is 1. The van der Waals surface area contributed by atoms with Gasteiger partial charge in [0.05, 0.1) is 26.7 Å². The van der Waals surface area contributed by atoms with Gasteiger partial charge in [-0.2, -0.15) is 0 Å². The molecule has 104 valence electrons. The van der Waals surface area contributed by atoms with E-state index >= 15 is 0 Å². The molecule has 0 heterocycles. The smallest absolute Gasteiger partial charge is 0.330 e. The van der Waals surface area contributed by atoms with Crippen molar-refractivity contribution in [2.75, 3.05) is 20.3 Å². The normalized spacial score (nSPS) is 11.5. The molecule has 6 heteroatoms. The first-order valence-electron chi connectivity index (χ1n) is 5.83. The zero-order valence-corrected chi connectivity index (χ0v) is 10.7. The van der Waals surface area contributed by atoms with Gasteiger partial charge in [0.2, 0.25) is 5.91 Å². The van der Waals surface area contributed by atoms with E-state index in [4.69, 9.17) is 9.84 Å². The van der Waals surface area contributed by atoms with Crippen LogP contribution in [-0.4, -0.2) is 43.3 Å². The van der Waals surface area contributed by atoms with Gasteiger partial charge in [0.25, 0.3) is 0 Å². The molecule has 0 aliphatic heterocycles. The summed E-state index contributed by atoms with van der Waals surface area (Å²) >= 11 is 0. The second-order valence-electron chi connectivity index (χ2n) is 3.74. The first-order chi connectivity index (χ1) is 9.17. The van der Waals surface area contributed by atoms with E-state index in [2.05, 4.69) is 10.1 Å². The van der Waals surface area contributed by atoms with Crippen LogP contribution < -0.4 is 10.1 Å². The number of methoxy groups -OCH3 is 1. The number of carbonyl (C=O) groups excluding carboxylic acids is 2. The van der Waals surface area contributed by atoms with Crippen LogP contribution in [0.2, 0.25) is 0 Å². The number of ether oxygens (including phenoxy) is 2. The van der Waals surface area contributed by atoms with Crippen LogP contribution in [0.1, 0.15) is 6.42 Å². The van der Waals surface area contributed by atoms with Gasteiger partial charge >= 0.3 is 5.97 Å². The average molecular weight is 267 g/mol. The molecule has 0 saturated carbocycles. The highest BCUT2D eigenvalue weighted by atomic mass is 16.5. The summed E-state index contributed by atoms with van der Waals surface area (Å²) in [6.07, 6.45) is 0.0857. The number of carbonyl (C=O) groups is 2. The number of nitrogens with one attached hydrogen (secondary N) is 1. The van der Waals surface area contributed by atoms with Crippen LogP contribution in [0.5, 0.6) is 5.75 Å². The summed E-state index contributed by atoms with van der Waals surface area (Å²) in [5.74, 6) is -0.401. The number of hydrogen-bond donors (Lipinski definition) is 2. The van der Waals surface area contributed by atoms with Crippen LogP contribution in [0.15, 0.2) is 30.3 Å². The Hall–Kier alpha value is -2.08. The van der Waals surface area contributed by atoms with Crippen LogP contribution in [0.4, 0.5) is 0 Å². The number of aliphatic hydroxyl groups is 1. The van der Waals surface area contributed by atoms with Gasteiger partial charge in [-0.05, 0) is 12.1 Å². The molecule has 0 aromatic heterocycles. The highest BCUT2D eigenvalue weighted by Crippen LogP contribution is 2.08. The molecule has 0 spiro atoms. The molecule has 1 rings (SSSR count). The summed E-state index contributed by atoms with van der Waals surface area (Å²) in [5, 5.41) is 11.3. The molecule has 0 bridgehead atoms. The SMILES string of the molecule is COC(=O)C(CO)NC(=O)CCOc1ccccc1. The summed E-state index contributed by atoms with van der Waals surface area (Å²) < 4.78 is 9.77. The van der Waals surface area contributed by atoms with Crippen molar-refractivity contribution in [3.05, 3.63) is 30.3 Å². The van der Waals surface area contributed by atoms with Gasteiger partial charge in [-0.25, -0.2) is 4.79 Å². The fourth-order valence-corrected chi connectivity index (χ4v) is 1.37. The average Bonchev–Trinajstić information content (AvgIpc) is 2.45. The van der Waals surface area contributed by atoms with E-state index in [9.17, 15) is 9.59 Å². The van der Waals surface area contributed by atoms with Crippen molar-refractivity contribution in [3.8, 4) is 5.75 Å². The molecule has 0 fully saturated rings. The van der Waals surface area contributed by atoms with Crippen LogP contribution >= 0.6 is 0 Å². The quantitative estimate of drug-likeness (QED) is 0.685. The number of hydrogen-bond acceptors (Lipinski definition) is 5. The molecular formula is C13H17NO5.